The van der Waals surface area contributed by atoms with Crippen LogP contribution in [0.2, 0.25) is 0 Å². The first-order valence-electron chi connectivity index (χ1n) is 6.28. The molecule has 0 amide bonds. The lowest BCUT2D eigenvalue weighted by atomic mass is 10.2. The Bertz CT molecular complexity index is 776. The minimum atomic E-state index is 0.326. The van der Waals surface area contributed by atoms with Crippen molar-refractivity contribution < 1.29 is 9.53 Å². The predicted molar refractivity (Wildman–Crippen MR) is 76.9 cm³/mol. The van der Waals surface area contributed by atoms with Gasteiger partial charge in [-0.25, -0.2) is 0 Å². The van der Waals surface area contributed by atoms with Crippen LogP contribution in [0.25, 0.3) is 4.96 Å². The van der Waals surface area contributed by atoms with Crippen LogP contribution in [0.5, 0.6) is 11.6 Å². The van der Waals surface area contributed by atoms with Gasteiger partial charge in [-0.3, -0.25) is 14.2 Å². The number of aldehydes is 1. The van der Waals surface area contributed by atoms with E-state index in [1.807, 2.05) is 31.4 Å². The van der Waals surface area contributed by atoms with Crippen molar-refractivity contribution in [1.82, 2.24) is 14.4 Å². The second-order valence-corrected chi connectivity index (χ2v) is 5.20. The van der Waals surface area contributed by atoms with Crippen LogP contribution in [0.4, 0.5) is 0 Å². The molecule has 3 rings (SSSR count). The first-order chi connectivity index (χ1) is 9.72. The molecule has 5 nitrogen and oxygen atoms in total. The maximum Gasteiger partial charge on any atom is 0.250 e. The molecule has 0 spiro atoms. The van der Waals surface area contributed by atoms with E-state index in [2.05, 4.69) is 9.97 Å². The van der Waals surface area contributed by atoms with E-state index < -0.39 is 0 Å². The molecule has 0 saturated heterocycles. The number of carbonyl (C=O) groups excluding carboxylic acids is 1. The van der Waals surface area contributed by atoms with Gasteiger partial charge < -0.3 is 4.74 Å². The average Bonchev–Trinajstić information content (AvgIpc) is 3.00. The molecule has 0 N–H and O–H groups in total. The standard InChI is InChI=1S/C14H13N3O2S/c1-3-10-12(5-4-9(2)15-10)19-13-11(8-18)17-6-7-20-14(17)16-13/h4-8H,3H2,1-2H3. The fraction of sp³-hybridized carbons (Fsp3) is 0.214. The second-order valence-electron chi connectivity index (χ2n) is 4.33. The number of aryl methyl sites for hydroxylation is 2. The van der Waals surface area contributed by atoms with E-state index in [1.54, 1.807) is 10.6 Å². The van der Waals surface area contributed by atoms with E-state index in [4.69, 9.17) is 4.74 Å². The lowest BCUT2D eigenvalue weighted by Crippen LogP contribution is -1.98. The van der Waals surface area contributed by atoms with E-state index in [-0.39, 0.29) is 0 Å². The molecule has 0 bridgehead atoms. The van der Waals surface area contributed by atoms with Gasteiger partial charge in [0.1, 0.15) is 0 Å². The molecule has 0 atom stereocenters. The molecule has 0 aliphatic carbocycles. The van der Waals surface area contributed by atoms with Crippen molar-refractivity contribution >= 4 is 22.6 Å². The van der Waals surface area contributed by atoms with Crippen molar-refractivity contribution in [3.63, 3.8) is 0 Å². The third-order valence-corrected chi connectivity index (χ3v) is 3.75. The van der Waals surface area contributed by atoms with Gasteiger partial charge in [0, 0.05) is 17.3 Å². The number of nitrogens with zero attached hydrogens (tertiary/aromatic N) is 3. The van der Waals surface area contributed by atoms with Gasteiger partial charge in [0.15, 0.2) is 22.7 Å². The lowest BCUT2D eigenvalue weighted by molar-refractivity contribution is 0.111. The average molecular weight is 287 g/mol. The quantitative estimate of drug-likeness (QED) is 0.691. The topological polar surface area (TPSA) is 56.5 Å². The third kappa shape index (κ3) is 2.08. The Morgan fingerprint density at radius 3 is 3.00 bits per heavy atom. The van der Waals surface area contributed by atoms with Crippen molar-refractivity contribution in [3.05, 3.63) is 40.8 Å². The van der Waals surface area contributed by atoms with Gasteiger partial charge in [0.25, 0.3) is 0 Å². The highest BCUT2D eigenvalue weighted by Crippen LogP contribution is 2.28. The van der Waals surface area contributed by atoms with Gasteiger partial charge in [0.05, 0.1) is 5.69 Å². The Morgan fingerprint density at radius 2 is 2.25 bits per heavy atom. The second kappa shape index (κ2) is 5.05. The molecule has 3 heterocycles. The summed E-state index contributed by atoms with van der Waals surface area (Å²) < 4.78 is 7.52. The first kappa shape index (κ1) is 12.8. The number of aromatic nitrogens is 3. The summed E-state index contributed by atoms with van der Waals surface area (Å²) in [4.78, 5) is 20.8. The number of imidazole rings is 1. The summed E-state index contributed by atoms with van der Waals surface area (Å²) >= 11 is 1.46. The van der Waals surface area contributed by atoms with Crippen molar-refractivity contribution in [2.24, 2.45) is 0 Å². The summed E-state index contributed by atoms with van der Waals surface area (Å²) in [5.74, 6) is 0.971. The van der Waals surface area contributed by atoms with Crippen LogP contribution in [-0.2, 0) is 6.42 Å². The first-order valence-corrected chi connectivity index (χ1v) is 7.16. The van der Waals surface area contributed by atoms with Gasteiger partial charge in [0.2, 0.25) is 5.88 Å². The van der Waals surface area contributed by atoms with Gasteiger partial charge in [-0.15, -0.1) is 11.3 Å². The highest BCUT2D eigenvalue weighted by atomic mass is 32.1. The maximum atomic E-state index is 11.2. The molecule has 0 unspecified atom stereocenters. The highest BCUT2D eigenvalue weighted by Gasteiger charge is 2.16. The number of rotatable bonds is 4. The molecule has 0 saturated carbocycles. The van der Waals surface area contributed by atoms with Crippen LogP contribution in [-0.4, -0.2) is 20.7 Å². The van der Waals surface area contributed by atoms with E-state index in [9.17, 15) is 4.79 Å². The summed E-state index contributed by atoms with van der Waals surface area (Å²) in [6, 6.07) is 3.75. The molecule has 0 aliphatic heterocycles. The number of ether oxygens (including phenoxy) is 1. The molecular formula is C14H13N3O2S. The minimum Gasteiger partial charge on any atom is -0.435 e. The van der Waals surface area contributed by atoms with Crippen molar-refractivity contribution in [2.75, 3.05) is 0 Å². The number of hydrogen-bond donors (Lipinski definition) is 0. The normalized spacial score (nSPS) is 10.9. The zero-order chi connectivity index (χ0) is 14.1. The van der Waals surface area contributed by atoms with Gasteiger partial charge in [-0.05, 0) is 25.5 Å². The van der Waals surface area contributed by atoms with Gasteiger partial charge in [-0.2, -0.15) is 4.98 Å². The Hall–Kier alpha value is -2.21. The summed E-state index contributed by atoms with van der Waals surface area (Å²) in [5.41, 5.74) is 2.22. The summed E-state index contributed by atoms with van der Waals surface area (Å²) in [7, 11) is 0. The summed E-state index contributed by atoms with van der Waals surface area (Å²) in [6.07, 6.45) is 3.32. The van der Waals surface area contributed by atoms with Crippen LogP contribution in [0, 0.1) is 6.92 Å². The fourth-order valence-corrected chi connectivity index (χ4v) is 2.73. The number of thiazole rings is 1. The van der Waals surface area contributed by atoms with Crippen LogP contribution < -0.4 is 4.74 Å². The smallest absolute Gasteiger partial charge is 0.250 e. The summed E-state index contributed by atoms with van der Waals surface area (Å²) in [6.45, 7) is 3.95. The van der Waals surface area contributed by atoms with Gasteiger partial charge in [-0.1, -0.05) is 6.92 Å². The van der Waals surface area contributed by atoms with Crippen LogP contribution in [0.1, 0.15) is 28.8 Å². The van der Waals surface area contributed by atoms with Crippen molar-refractivity contribution in [3.8, 4) is 11.6 Å². The molecule has 20 heavy (non-hydrogen) atoms. The molecule has 3 aromatic rings. The zero-order valence-corrected chi connectivity index (χ0v) is 12.0. The van der Waals surface area contributed by atoms with Gasteiger partial charge >= 0.3 is 0 Å². The van der Waals surface area contributed by atoms with Crippen LogP contribution in [0.15, 0.2) is 23.7 Å². The molecule has 0 fully saturated rings. The zero-order valence-electron chi connectivity index (χ0n) is 11.2. The lowest BCUT2D eigenvalue weighted by Gasteiger charge is -2.08. The molecule has 3 aromatic heterocycles. The number of carbonyl (C=O) groups is 1. The Kier molecular flexibility index (Phi) is 3.23. The number of hydrogen-bond acceptors (Lipinski definition) is 5. The van der Waals surface area contributed by atoms with Crippen molar-refractivity contribution in [1.29, 1.82) is 0 Å². The SMILES string of the molecule is CCc1nc(C)ccc1Oc1nc2sccn2c1C=O. The minimum absolute atomic E-state index is 0.326. The van der Waals surface area contributed by atoms with E-state index in [0.29, 0.717) is 17.3 Å². The Labute approximate surface area is 119 Å². The molecule has 0 aliphatic rings. The molecular weight excluding hydrogens is 274 g/mol. The van der Waals surface area contributed by atoms with E-state index in [0.717, 1.165) is 29.1 Å². The Balaban J connectivity index is 2.04. The van der Waals surface area contributed by atoms with Crippen molar-refractivity contribution in [2.45, 2.75) is 20.3 Å². The maximum absolute atomic E-state index is 11.2. The van der Waals surface area contributed by atoms with Crippen LogP contribution >= 0.6 is 11.3 Å². The van der Waals surface area contributed by atoms with E-state index in [1.165, 1.54) is 11.3 Å². The Morgan fingerprint density at radius 1 is 1.40 bits per heavy atom. The monoisotopic (exact) mass is 287 g/mol. The highest BCUT2D eigenvalue weighted by molar-refractivity contribution is 7.15. The number of fused-ring (bicyclic) bond motifs is 1. The molecule has 6 heteroatoms. The van der Waals surface area contributed by atoms with E-state index >= 15 is 0 Å². The molecule has 102 valence electrons. The molecule has 0 aromatic carbocycles. The molecule has 0 radical (unpaired) electrons. The summed E-state index contributed by atoms with van der Waals surface area (Å²) in [5, 5.41) is 1.88. The van der Waals surface area contributed by atoms with Crippen LogP contribution in [0.3, 0.4) is 0 Å². The fourth-order valence-electron chi connectivity index (χ4n) is 2.01. The predicted octanol–water partition coefficient (Wildman–Crippen LogP) is 3.27. The number of pyridine rings is 1. The third-order valence-electron chi connectivity index (χ3n) is 2.99. The largest absolute Gasteiger partial charge is 0.435 e.